The third kappa shape index (κ3) is 3.31. The Morgan fingerprint density at radius 3 is 3.00 bits per heavy atom. The van der Waals surface area contributed by atoms with Crippen LogP contribution in [0.15, 0.2) is 12.2 Å². The van der Waals surface area contributed by atoms with Crippen LogP contribution in [0.3, 0.4) is 0 Å². The molecular weight excluding hydrogens is 112 g/mol. The molecular formula is C8H13O. The fraction of sp³-hybridized carbons (Fsp3) is 0.625. The topological polar surface area (TPSA) is 12.5 Å². The van der Waals surface area contributed by atoms with Crippen molar-refractivity contribution >= 4 is 0 Å². The molecule has 51 valence electrons. The van der Waals surface area contributed by atoms with Crippen molar-refractivity contribution in [2.75, 3.05) is 6.61 Å². The van der Waals surface area contributed by atoms with E-state index in [0.29, 0.717) is 6.10 Å². The summed E-state index contributed by atoms with van der Waals surface area (Å²) in [5.74, 6) is 0. The standard InChI is InChI=1S/C8H13O/c1-7(2)4-3-5-8-6-9-8/h3,8H,1,4-6H2,2H3. The van der Waals surface area contributed by atoms with Gasteiger partial charge in [-0.3, -0.25) is 0 Å². The zero-order valence-corrected chi connectivity index (χ0v) is 5.89. The molecule has 1 radical (unpaired) electrons. The van der Waals surface area contributed by atoms with Gasteiger partial charge < -0.3 is 4.74 Å². The van der Waals surface area contributed by atoms with Gasteiger partial charge in [-0.25, -0.2) is 0 Å². The van der Waals surface area contributed by atoms with Crippen molar-refractivity contribution in [3.63, 3.8) is 0 Å². The van der Waals surface area contributed by atoms with Gasteiger partial charge in [-0.15, -0.1) is 6.58 Å². The predicted molar refractivity (Wildman–Crippen MR) is 38.1 cm³/mol. The maximum absolute atomic E-state index is 5.03. The molecule has 0 N–H and O–H groups in total. The van der Waals surface area contributed by atoms with Gasteiger partial charge in [0.15, 0.2) is 0 Å². The number of rotatable bonds is 4. The molecule has 0 aromatic carbocycles. The van der Waals surface area contributed by atoms with E-state index in [1.165, 1.54) is 5.57 Å². The molecule has 0 spiro atoms. The molecule has 1 heterocycles. The summed E-state index contributed by atoms with van der Waals surface area (Å²) in [6.45, 7) is 6.81. The van der Waals surface area contributed by atoms with E-state index in [4.69, 9.17) is 4.74 Å². The fourth-order valence-corrected chi connectivity index (χ4v) is 0.720. The number of hydrogen-bond acceptors (Lipinski definition) is 1. The summed E-state index contributed by atoms with van der Waals surface area (Å²) in [7, 11) is 0. The van der Waals surface area contributed by atoms with Crippen LogP contribution in [0.2, 0.25) is 0 Å². The van der Waals surface area contributed by atoms with E-state index in [1.54, 1.807) is 0 Å². The lowest BCUT2D eigenvalue weighted by Crippen LogP contribution is -1.85. The zero-order chi connectivity index (χ0) is 6.69. The molecule has 0 bridgehead atoms. The Morgan fingerprint density at radius 1 is 1.89 bits per heavy atom. The molecule has 0 aliphatic carbocycles. The zero-order valence-electron chi connectivity index (χ0n) is 5.89. The van der Waals surface area contributed by atoms with Crippen LogP contribution < -0.4 is 0 Å². The summed E-state index contributed by atoms with van der Waals surface area (Å²) in [6.07, 6.45) is 4.93. The number of allylic oxidation sites excluding steroid dienone is 1. The van der Waals surface area contributed by atoms with Crippen molar-refractivity contribution in [3.8, 4) is 0 Å². The van der Waals surface area contributed by atoms with E-state index in [1.807, 2.05) is 6.92 Å². The molecule has 1 aliphatic rings. The van der Waals surface area contributed by atoms with Gasteiger partial charge in [0.05, 0.1) is 12.7 Å². The fourth-order valence-electron chi connectivity index (χ4n) is 0.720. The highest BCUT2D eigenvalue weighted by Gasteiger charge is 2.20. The van der Waals surface area contributed by atoms with Crippen LogP contribution in [0.4, 0.5) is 0 Å². The Bertz CT molecular complexity index is 103. The van der Waals surface area contributed by atoms with Crippen LogP contribution >= 0.6 is 0 Å². The second-order valence-electron chi connectivity index (χ2n) is 2.64. The molecule has 0 aromatic heterocycles. The Kier molecular flexibility index (Phi) is 2.29. The molecule has 9 heavy (non-hydrogen) atoms. The Balaban J connectivity index is 1.86. The second kappa shape index (κ2) is 3.02. The summed E-state index contributed by atoms with van der Waals surface area (Å²) in [4.78, 5) is 0. The Hall–Kier alpha value is -0.300. The number of epoxide rings is 1. The average molecular weight is 125 g/mol. The average Bonchev–Trinajstić information content (AvgIpc) is 2.48. The molecule has 1 saturated heterocycles. The first-order chi connectivity index (χ1) is 4.29. The minimum atomic E-state index is 0.546. The van der Waals surface area contributed by atoms with E-state index < -0.39 is 0 Å². The Morgan fingerprint density at radius 2 is 2.56 bits per heavy atom. The third-order valence-corrected chi connectivity index (χ3v) is 1.32. The quantitative estimate of drug-likeness (QED) is 0.413. The SMILES string of the molecule is C=C(C)C[CH]CC1CO1. The van der Waals surface area contributed by atoms with Gasteiger partial charge in [0.1, 0.15) is 0 Å². The molecule has 1 aliphatic heterocycles. The first-order valence-corrected chi connectivity index (χ1v) is 3.36. The van der Waals surface area contributed by atoms with Crippen LogP contribution in [-0.4, -0.2) is 12.7 Å². The van der Waals surface area contributed by atoms with Crippen molar-refractivity contribution in [1.29, 1.82) is 0 Å². The molecule has 1 heteroatoms. The van der Waals surface area contributed by atoms with Crippen molar-refractivity contribution < 1.29 is 4.74 Å². The van der Waals surface area contributed by atoms with Crippen LogP contribution in [-0.2, 0) is 4.74 Å². The third-order valence-electron chi connectivity index (χ3n) is 1.32. The maximum atomic E-state index is 5.03. The van der Waals surface area contributed by atoms with Gasteiger partial charge in [-0.05, 0) is 26.2 Å². The molecule has 0 saturated carbocycles. The molecule has 1 nitrogen and oxygen atoms in total. The summed E-state index contributed by atoms with van der Waals surface area (Å²) < 4.78 is 5.03. The first kappa shape index (κ1) is 6.81. The van der Waals surface area contributed by atoms with Crippen LogP contribution in [0.5, 0.6) is 0 Å². The predicted octanol–water partition coefficient (Wildman–Crippen LogP) is 1.95. The molecule has 0 aromatic rings. The van der Waals surface area contributed by atoms with Gasteiger partial charge >= 0.3 is 0 Å². The van der Waals surface area contributed by atoms with E-state index in [2.05, 4.69) is 13.0 Å². The second-order valence-corrected chi connectivity index (χ2v) is 2.64. The minimum Gasteiger partial charge on any atom is -0.373 e. The van der Waals surface area contributed by atoms with Crippen LogP contribution in [0, 0.1) is 6.42 Å². The van der Waals surface area contributed by atoms with Crippen LogP contribution in [0.1, 0.15) is 19.8 Å². The van der Waals surface area contributed by atoms with Gasteiger partial charge in [-0.2, -0.15) is 0 Å². The van der Waals surface area contributed by atoms with Gasteiger partial charge in [0, 0.05) is 0 Å². The number of hydrogen-bond donors (Lipinski definition) is 0. The highest BCUT2D eigenvalue weighted by Crippen LogP contribution is 2.16. The van der Waals surface area contributed by atoms with Crippen LogP contribution in [0.25, 0.3) is 0 Å². The van der Waals surface area contributed by atoms with Crippen molar-refractivity contribution in [2.45, 2.75) is 25.9 Å². The highest BCUT2D eigenvalue weighted by atomic mass is 16.6. The summed E-state index contributed by atoms with van der Waals surface area (Å²) in [5, 5.41) is 0. The largest absolute Gasteiger partial charge is 0.373 e. The lowest BCUT2D eigenvalue weighted by Gasteiger charge is -1.94. The molecule has 0 amide bonds. The van der Waals surface area contributed by atoms with Gasteiger partial charge in [-0.1, -0.05) is 5.57 Å². The number of ether oxygens (including phenoxy) is 1. The van der Waals surface area contributed by atoms with E-state index in [9.17, 15) is 0 Å². The Labute approximate surface area is 56.7 Å². The van der Waals surface area contributed by atoms with Crippen molar-refractivity contribution in [2.24, 2.45) is 0 Å². The smallest absolute Gasteiger partial charge is 0.0812 e. The van der Waals surface area contributed by atoms with Gasteiger partial charge in [0.2, 0.25) is 0 Å². The highest BCUT2D eigenvalue weighted by molar-refractivity contribution is 4.95. The van der Waals surface area contributed by atoms with Crippen molar-refractivity contribution in [3.05, 3.63) is 18.6 Å². The van der Waals surface area contributed by atoms with Crippen molar-refractivity contribution in [1.82, 2.24) is 0 Å². The molecule has 1 fully saturated rings. The molecule has 1 rings (SSSR count). The summed E-state index contributed by atoms with van der Waals surface area (Å²) in [5.41, 5.74) is 1.23. The minimum absolute atomic E-state index is 0.546. The van der Waals surface area contributed by atoms with E-state index in [-0.39, 0.29) is 0 Å². The molecule has 1 atom stereocenters. The summed E-state index contributed by atoms with van der Waals surface area (Å²) >= 11 is 0. The monoisotopic (exact) mass is 125 g/mol. The maximum Gasteiger partial charge on any atom is 0.0812 e. The lowest BCUT2D eigenvalue weighted by atomic mass is 10.1. The molecule has 1 unspecified atom stereocenters. The summed E-state index contributed by atoms with van der Waals surface area (Å²) in [6, 6.07) is 0. The first-order valence-electron chi connectivity index (χ1n) is 3.36. The lowest BCUT2D eigenvalue weighted by molar-refractivity contribution is 0.405. The van der Waals surface area contributed by atoms with E-state index in [0.717, 1.165) is 19.4 Å². The van der Waals surface area contributed by atoms with Gasteiger partial charge in [0.25, 0.3) is 0 Å². The van der Waals surface area contributed by atoms with E-state index >= 15 is 0 Å². The normalized spacial score (nSPS) is 23.9.